The normalized spacial score (nSPS) is 12.9. The predicted molar refractivity (Wildman–Crippen MR) is 126 cm³/mol. The molecule has 4 aromatic rings. The van der Waals surface area contributed by atoms with E-state index in [0.717, 1.165) is 11.1 Å². The van der Waals surface area contributed by atoms with Gasteiger partial charge >= 0.3 is 0 Å². The smallest absolute Gasteiger partial charge is 0.129 e. The molecule has 0 bridgehead atoms. The van der Waals surface area contributed by atoms with Crippen molar-refractivity contribution < 1.29 is 19.7 Å². The molecule has 0 fully saturated rings. The van der Waals surface area contributed by atoms with Crippen LogP contribution in [0.2, 0.25) is 0 Å². The first-order chi connectivity index (χ1) is 15.7. The van der Waals surface area contributed by atoms with Crippen LogP contribution in [0, 0.1) is 0 Å². The van der Waals surface area contributed by atoms with Gasteiger partial charge in [0, 0.05) is 36.5 Å². The van der Waals surface area contributed by atoms with Crippen molar-refractivity contribution in [2.75, 3.05) is 14.2 Å². The third-order valence-corrected chi connectivity index (χ3v) is 5.67. The largest absolute Gasteiger partial charge is 0.507 e. The maximum absolute atomic E-state index is 11.2. The van der Waals surface area contributed by atoms with Crippen LogP contribution in [0.3, 0.4) is 0 Å². The van der Waals surface area contributed by atoms with Crippen molar-refractivity contribution in [3.05, 3.63) is 119 Å². The molecular formula is C28H26O4. The summed E-state index contributed by atoms with van der Waals surface area (Å²) in [5.41, 5.74) is 4.19. The van der Waals surface area contributed by atoms with E-state index in [0.29, 0.717) is 22.3 Å². The number of aromatic hydroxyl groups is 2. The Labute approximate surface area is 188 Å². The van der Waals surface area contributed by atoms with Crippen LogP contribution in [0.4, 0.5) is 0 Å². The highest BCUT2D eigenvalue weighted by molar-refractivity contribution is 5.78. The zero-order valence-electron chi connectivity index (χ0n) is 18.1. The van der Waals surface area contributed by atoms with Gasteiger partial charge in [0.05, 0.1) is 0 Å². The first kappa shape index (κ1) is 21.6. The highest BCUT2D eigenvalue weighted by Crippen LogP contribution is 2.44. The van der Waals surface area contributed by atoms with Crippen LogP contribution < -0.4 is 0 Å². The van der Waals surface area contributed by atoms with E-state index < -0.39 is 12.2 Å². The van der Waals surface area contributed by atoms with Crippen molar-refractivity contribution in [3.8, 4) is 22.6 Å². The van der Waals surface area contributed by atoms with Crippen LogP contribution in [0.15, 0.2) is 97.1 Å². The molecule has 2 N–H and O–H groups in total. The minimum Gasteiger partial charge on any atom is -0.507 e. The average Bonchev–Trinajstić information content (AvgIpc) is 2.84. The summed E-state index contributed by atoms with van der Waals surface area (Å²) >= 11 is 0. The van der Waals surface area contributed by atoms with E-state index in [2.05, 4.69) is 0 Å². The van der Waals surface area contributed by atoms with E-state index >= 15 is 0 Å². The van der Waals surface area contributed by atoms with Crippen LogP contribution in [0.5, 0.6) is 11.5 Å². The van der Waals surface area contributed by atoms with Crippen molar-refractivity contribution in [2.45, 2.75) is 12.2 Å². The molecule has 0 aliphatic rings. The van der Waals surface area contributed by atoms with Crippen LogP contribution >= 0.6 is 0 Å². The van der Waals surface area contributed by atoms with Crippen LogP contribution in [-0.4, -0.2) is 24.4 Å². The number of phenolic OH excluding ortho intramolecular Hbond substituents is 2. The van der Waals surface area contributed by atoms with Gasteiger partial charge in [0.2, 0.25) is 0 Å². The number of benzene rings is 4. The minimum atomic E-state index is -0.433. The van der Waals surface area contributed by atoms with E-state index in [4.69, 9.17) is 9.47 Å². The molecule has 0 amide bonds. The van der Waals surface area contributed by atoms with Gasteiger partial charge in [0.25, 0.3) is 0 Å². The van der Waals surface area contributed by atoms with Crippen molar-refractivity contribution in [1.82, 2.24) is 0 Å². The van der Waals surface area contributed by atoms with E-state index in [1.807, 2.05) is 84.9 Å². The molecule has 162 valence electrons. The molecule has 0 aliphatic carbocycles. The molecule has 32 heavy (non-hydrogen) atoms. The number of para-hydroxylation sites is 2. The Hall–Kier alpha value is -3.60. The third kappa shape index (κ3) is 4.11. The fourth-order valence-electron chi connectivity index (χ4n) is 4.12. The second-order valence-corrected chi connectivity index (χ2v) is 7.54. The summed E-state index contributed by atoms with van der Waals surface area (Å²) in [4.78, 5) is 0. The zero-order chi connectivity index (χ0) is 22.5. The lowest BCUT2D eigenvalue weighted by atomic mass is 9.92. The average molecular weight is 427 g/mol. The maximum atomic E-state index is 11.2. The molecule has 0 heterocycles. The van der Waals surface area contributed by atoms with Gasteiger partial charge in [-0.15, -0.1) is 0 Å². The first-order valence-electron chi connectivity index (χ1n) is 10.4. The molecule has 4 nitrogen and oxygen atoms in total. The molecule has 0 saturated carbocycles. The molecule has 4 heteroatoms. The van der Waals surface area contributed by atoms with Crippen molar-refractivity contribution in [2.24, 2.45) is 0 Å². The van der Waals surface area contributed by atoms with Gasteiger partial charge < -0.3 is 19.7 Å². The van der Waals surface area contributed by atoms with Crippen LogP contribution in [0.1, 0.15) is 34.5 Å². The Kier molecular flexibility index (Phi) is 6.55. The summed E-state index contributed by atoms with van der Waals surface area (Å²) in [6, 6.07) is 30.4. The third-order valence-electron chi connectivity index (χ3n) is 5.67. The van der Waals surface area contributed by atoms with E-state index in [1.54, 1.807) is 26.4 Å². The molecule has 4 aromatic carbocycles. The van der Waals surface area contributed by atoms with Gasteiger partial charge in [0.1, 0.15) is 23.7 Å². The van der Waals surface area contributed by atoms with Crippen LogP contribution in [-0.2, 0) is 9.47 Å². The first-order valence-corrected chi connectivity index (χ1v) is 10.4. The summed E-state index contributed by atoms with van der Waals surface area (Å²) in [6.07, 6.45) is -0.866. The number of hydrogen-bond acceptors (Lipinski definition) is 4. The number of methoxy groups -OCH3 is 2. The number of rotatable bonds is 7. The molecule has 2 atom stereocenters. The monoisotopic (exact) mass is 426 g/mol. The van der Waals surface area contributed by atoms with Gasteiger partial charge in [-0.25, -0.2) is 0 Å². The molecule has 0 saturated heterocycles. The molecule has 2 unspecified atom stereocenters. The summed E-state index contributed by atoms with van der Waals surface area (Å²) in [6.45, 7) is 0. The molecule has 0 radical (unpaired) electrons. The number of ether oxygens (including phenoxy) is 2. The number of hydrogen-bond donors (Lipinski definition) is 2. The highest BCUT2D eigenvalue weighted by atomic mass is 16.5. The summed E-state index contributed by atoms with van der Waals surface area (Å²) in [5, 5.41) is 22.4. The lowest BCUT2D eigenvalue weighted by Gasteiger charge is -2.21. The molecule has 0 aliphatic heterocycles. The fourth-order valence-corrected chi connectivity index (χ4v) is 4.12. The topological polar surface area (TPSA) is 58.9 Å². The Morgan fingerprint density at radius 1 is 0.500 bits per heavy atom. The fraction of sp³-hybridized carbons (Fsp3) is 0.143. The Balaban J connectivity index is 1.80. The van der Waals surface area contributed by atoms with Crippen molar-refractivity contribution in [3.63, 3.8) is 0 Å². The Bertz CT molecular complexity index is 1080. The van der Waals surface area contributed by atoms with Crippen molar-refractivity contribution >= 4 is 0 Å². The van der Waals surface area contributed by atoms with Gasteiger partial charge in [-0.1, -0.05) is 97.1 Å². The lowest BCUT2D eigenvalue weighted by Crippen LogP contribution is -2.05. The van der Waals surface area contributed by atoms with E-state index in [1.165, 1.54) is 0 Å². The van der Waals surface area contributed by atoms with Gasteiger partial charge in [-0.05, 0) is 11.1 Å². The Morgan fingerprint density at radius 3 is 1.22 bits per heavy atom. The lowest BCUT2D eigenvalue weighted by molar-refractivity contribution is 0.133. The second-order valence-electron chi connectivity index (χ2n) is 7.54. The predicted octanol–water partition coefficient (Wildman–Crippen LogP) is 6.24. The van der Waals surface area contributed by atoms with Gasteiger partial charge in [-0.2, -0.15) is 0 Å². The highest BCUT2D eigenvalue weighted by Gasteiger charge is 2.23. The summed E-state index contributed by atoms with van der Waals surface area (Å²) in [5.74, 6) is 0.147. The molecule has 0 aromatic heterocycles. The second kappa shape index (κ2) is 9.69. The zero-order valence-corrected chi connectivity index (χ0v) is 18.1. The maximum Gasteiger partial charge on any atom is 0.129 e. The molecule has 4 rings (SSSR count). The van der Waals surface area contributed by atoms with E-state index in [-0.39, 0.29) is 11.5 Å². The van der Waals surface area contributed by atoms with Gasteiger partial charge in [-0.3, -0.25) is 0 Å². The van der Waals surface area contributed by atoms with Crippen LogP contribution in [0.25, 0.3) is 11.1 Å². The summed E-state index contributed by atoms with van der Waals surface area (Å²) in [7, 11) is 3.23. The van der Waals surface area contributed by atoms with Crippen molar-refractivity contribution in [1.29, 1.82) is 0 Å². The summed E-state index contributed by atoms with van der Waals surface area (Å²) < 4.78 is 11.4. The Morgan fingerprint density at radius 2 is 0.875 bits per heavy atom. The molecular weight excluding hydrogens is 400 g/mol. The molecule has 0 spiro atoms. The van der Waals surface area contributed by atoms with E-state index in [9.17, 15) is 10.2 Å². The quantitative estimate of drug-likeness (QED) is 0.367. The SMILES string of the molecule is COC(c1ccccc1)c1cccc(-c2cccc(C(OC)c3ccccc3)c2O)c1O. The number of phenols is 2. The van der Waals surface area contributed by atoms with Gasteiger partial charge in [0.15, 0.2) is 0 Å². The minimum absolute atomic E-state index is 0.0735. The standard InChI is InChI=1S/C28H26O4/c1-31-27(19-11-5-3-6-12-19)23-17-9-15-21(25(23)29)22-16-10-18-24(26(22)30)28(32-2)20-13-7-4-8-14-20/h3-18,27-30H,1-2H3.